The molecule has 2 unspecified atom stereocenters. The van der Waals surface area contributed by atoms with E-state index in [0.717, 1.165) is 51.6 Å². The van der Waals surface area contributed by atoms with Crippen LogP contribution in [0.1, 0.15) is 67.0 Å². The van der Waals surface area contributed by atoms with E-state index < -0.39 is 15.8 Å². The van der Waals surface area contributed by atoms with Crippen LogP contribution in [-0.2, 0) is 20.4 Å². The number of benzene rings is 1. The Morgan fingerprint density at radius 3 is 2.53 bits per heavy atom. The molecule has 5 rings (SSSR count). The predicted octanol–water partition coefficient (Wildman–Crippen LogP) is 3.28. The number of aromatic carboxylic acids is 1. The zero-order valence-corrected chi connectivity index (χ0v) is 18.7. The van der Waals surface area contributed by atoms with Gasteiger partial charge >= 0.3 is 5.97 Å². The Morgan fingerprint density at radius 1 is 1.03 bits per heavy atom. The summed E-state index contributed by atoms with van der Waals surface area (Å²) in [5, 5.41) is 14.2. The Kier molecular flexibility index (Phi) is 5.31. The third-order valence-corrected chi connectivity index (χ3v) is 8.73. The minimum atomic E-state index is -3.65. The largest absolute Gasteiger partial charge is 0.476 e. The molecule has 32 heavy (non-hydrogen) atoms. The van der Waals surface area contributed by atoms with Crippen molar-refractivity contribution in [3.63, 3.8) is 0 Å². The summed E-state index contributed by atoms with van der Waals surface area (Å²) in [6.07, 6.45) is 6.31. The topological polar surface area (TPSA) is 110 Å². The standard InChI is InChI=1S/C23H27N3O5S/c27-22(25-11-4-1-5-12-25)15-7-6-8-16(13-15)26-21-17-9-2-3-10-19(17)32(30,31)14-18(21)20(24-26)23(28)29/h2-3,9-10,15-16H,1,4-8,11-14H2,(H,28,29). The smallest absolute Gasteiger partial charge is 0.356 e. The number of carbonyl (C=O) groups is 2. The zero-order chi connectivity index (χ0) is 22.5. The Labute approximate surface area is 187 Å². The maximum atomic E-state index is 13.1. The fourth-order valence-electron chi connectivity index (χ4n) is 5.51. The highest BCUT2D eigenvalue weighted by Gasteiger charge is 2.39. The normalized spacial score (nSPS) is 24.4. The highest BCUT2D eigenvalue weighted by atomic mass is 32.2. The van der Waals surface area contributed by atoms with Gasteiger partial charge in [-0.15, -0.1) is 0 Å². The van der Waals surface area contributed by atoms with E-state index in [0.29, 0.717) is 17.7 Å². The first-order chi connectivity index (χ1) is 15.4. The van der Waals surface area contributed by atoms with E-state index in [2.05, 4.69) is 5.10 Å². The van der Waals surface area contributed by atoms with Gasteiger partial charge in [-0.05, 0) is 44.6 Å². The lowest BCUT2D eigenvalue weighted by Crippen LogP contribution is -2.41. The molecule has 1 saturated heterocycles. The zero-order valence-electron chi connectivity index (χ0n) is 17.9. The number of nitrogens with zero attached hydrogens (tertiary/aromatic N) is 3. The number of carboxylic acids is 1. The van der Waals surface area contributed by atoms with Gasteiger partial charge in [-0.1, -0.05) is 24.6 Å². The van der Waals surface area contributed by atoms with Gasteiger partial charge in [0, 0.05) is 30.1 Å². The van der Waals surface area contributed by atoms with Crippen LogP contribution in [0.2, 0.25) is 0 Å². The predicted molar refractivity (Wildman–Crippen MR) is 117 cm³/mol. The number of sulfone groups is 1. The molecule has 1 aliphatic carbocycles. The van der Waals surface area contributed by atoms with E-state index in [-0.39, 0.29) is 39.8 Å². The fourth-order valence-corrected chi connectivity index (χ4v) is 7.11. The molecule has 3 heterocycles. The molecule has 1 aromatic heterocycles. The molecule has 0 spiro atoms. The van der Waals surface area contributed by atoms with E-state index in [9.17, 15) is 23.1 Å². The third kappa shape index (κ3) is 3.52. The van der Waals surface area contributed by atoms with E-state index in [4.69, 9.17) is 0 Å². The Bertz CT molecular complexity index is 1180. The molecule has 2 aliphatic heterocycles. The summed E-state index contributed by atoms with van der Waals surface area (Å²) < 4.78 is 27.4. The Balaban J connectivity index is 1.54. The molecule has 8 nitrogen and oxygen atoms in total. The number of fused-ring (bicyclic) bond motifs is 3. The summed E-state index contributed by atoms with van der Waals surface area (Å²) in [6.45, 7) is 1.62. The summed E-state index contributed by atoms with van der Waals surface area (Å²) in [7, 11) is -3.65. The Hall–Kier alpha value is -2.68. The van der Waals surface area contributed by atoms with Gasteiger partial charge in [0.2, 0.25) is 5.91 Å². The second-order valence-corrected chi connectivity index (χ2v) is 11.0. The van der Waals surface area contributed by atoms with Crippen molar-refractivity contribution in [3.8, 4) is 11.3 Å². The number of hydrogen-bond acceptors (Lipinski definition) is 5. The van der Waals surface area contributed by atoms with Crippen LogP contribution in [0.15, 0.2) is 29.2 Å². The minimum Gasteiger partial charge on any atom is -0.476 e. The van der Waals surface area contributed by atoms with Crippen molar-refractivity contribution in [1.82, 2.24) is 14.7 Å². The summed E-state index contributed by atoms with van der Waals surface area (Å²) in [5.41, 5.74) is 1.12. The summed E-state index contributed by atoms with van der Waals surface area (Å²) in [4.78, 5) is 27.3. The van der Waals surface area contributed by atoms with Crippen LogP contribution in [0.4, 0.5) is 0 Å². The molecular weight excluding hydrogens is 430 g/mol. The SMILES string of the molecule is O=C(O)c1nn(C2CCCC(C(=O)N3CCCCC3)C2)c2c1CS(=O)(=O)c1ccccc1-2. The molecule has 170 valence electrons. The second-order valence-electron chi connectivity index (χ2n) is 9.08. The molecule has 2 aromatic rings. The quantitative estimate of drug-likeness (QED) is 0.758. The average molecular weight is 458 g/mol. The molecule has 9 heteroatoms. The lowest BCUT2D eigenvalue weighted by molar-refractivity contribution is -0.138. The van der Waals surface area contributed by atoms with Crippen molar-refractivity contribution in [2.45, 2.75) is 61.6 Å². The van der Waals surface area contributed by atoms with Gasteiger partial charge in [-0.25, -0.2) is 13.2 Å². The van der Waals surface area contributed by atoms with Crippen LogP contribution >= 0.6 is 0 Å². The molecule has 2 fully saturated rings. The molecule has 1 saturated carbocycles. The van der Waals surface area contributed by atoms with Gasteiger partial charge in [0.05, 0.1) is 22.4 Å². The van der Waals surface area contributed by atoms with Crippen LogP contribution in [0.3, 0.4) is 0 Å². The average Bonchev–Trinajstić information content (AvgIpc) is 3.18. The summed E-state index contributed by atoms with van der Waals surface area (Å²) >= 11 is 0. The van der Waals surface area contributed by atoms with Crippen LogP contribution in [-0.4, -0.2) is 53.2 Å². The molecule has 1 aromatic carbocycles. The minimum absolute atomic E-state index is 0.109. The maximum Gasteiger partial charge on any atom is 0.356 e. The van der Waals surface area contributed by atoms with Crippen molar-refractivity contribution >= 4 is 21.7 Å². The van der Waals surface area contributed by atoms with Crippen molar-refractivity contribution in [2.75, 3.05) is 13.1 Å². The van der Waals surface area contributed by atoms with E-state index in [1.54, 1.807) is 28.9 Å². The molecule has 0 bridgehead atoms. The van der Waals surface area contributed by atoms with Gasteiger partial charge in [-0.3, -0.25) is 9.48 Å². The number of piperidine rings is 1. The van der Waals surface area contributed by atoms with Crippen LogP contribution in [0.5, 0.6) is 0 Å². The number of aromatic nitrogens is 2. The van der Waals surface area contributed by atoms with Gasteiger partial charge in [0.25, 0.3) is 0 Å². The molecule has 2 atom stereocenters. The number of carbonyl (C=O) groups excluding carboxylic acids is 1. The van der Waals surface area contributed by atoms with E-state index in [1.165, 1.54) is 0 Å². The number of carboxylic acid groups (broad SMARTS) is 1. The molecule has 3 aliphatic rings. The molecule has 1 N–H and O–H groups in total. The van der Waals surface area contributed by atoms with Crippen LogP contribution in [0, 0.1) is 5.92 Å². The lowest BCUT2D eigenvalue weighted by atomic mass is 9.84. The van der Waals surface area contributed by atoms with Gasteiger partial charge in [-0.2, -0.15) is 5.10 Å². The molecule has 1 amide bonds. The van der Waals surface area contributed by atoms with Crippen molar-refractivity contribution in [3.05, 3.63) is 35.5 Å². The first-order valence-corrected chi connectivity index (χ1v) is 13.0. The van der Waals surface area contributed by atoms with Gasteiger partial charge < -0.3 is 10.0 Å². The lowest BCUT2D eigenvalue weighted by Gasteiger charge is -2.35. The second kappa shape index (κ2) is 8.03. The number of hydrogen-bond donors (Lipinski definition) is 1. The van der Waals surface area contributed by atoms with Crippen molar-refractivity contribution in [2.24, 2.45) is 5.92 Å². The Morgan fingerprint density at radius 2 is 1.78 bits per heavy atom. The monoisotopic (exact) mass is 457 g/mol. The first-order valence-electron chi connectivity index (χ1n) is 11.3. The highest BCUT2D eigenvalue weighted by Crippen LogP contribution is 2.43. The van der Waals surface area contributed by atoms with E-state index >= 15 is 0 Å². The van der Waals surface area contributed by atoms with E-state index in [1.807, 2.05) is 4.90 Å². The molecular formula is C23H27N3O5S. The third-order valence-electron chi connectivity index (χ3n) is 7.03. The van der Waals surface area contributed by atoms with Crippen molar-refractivity contribution in [1.29, 1.82) is 0 Å². The summed E-state index contributed by atoms with van der Waals surface area (Å²) in [5.74, 6) is -1.52. The summed E-state index contributed by atoms with van der Waals surface area (Å²) in [6, 6.07) is 6.57. The van der Waals surface area contributed by atoms with Gasteiger partial charge in [0.15, 0.2) is 15.5 Å². The number of rotatable bonds is 3. The van der Waals surface area contributed by atoms with Crippen LogP contribution in [0.25, 0.3) is 11.3 Å². The number of amides is 1. The van der Waals surface area contributed by atoms with Crippen molar-refractivity contribution < 1.29 is 23.1 Å². The molecule has 0 radical (unpaired) electrons. The number of likely N-dealkylation sites (tertiary alicyclic amines) is 1. The van der Waals surface area contributed by atoms with Crippen LogP contribution < -0.4 is 0 Å². The highest BCUT2D eigenvalue weighted by molar-refractivity contribution is 7.90. The van der Waals surface area contributed by atoms with Gasteiger partial charge in [0.1, 0.15) is 0 Å². The first kappa shape index (κ1) is 21.2. The fraction of sp³-hybridized carbons (Fsp3) is 0.522. The maximum absolute atomic E-state index is 13.1.